The van der Waals surface area contributed by atoms with E-state index < -0.39 is 0 Å². The van der Waals surface area contributed by atoms with Crippen LogP contribution in [0.4, 0.5) is 0 Å². The monoisotopic (exact) mass is 148 g/mol. The molecule has 0 saturated heterocycles. The lowest BCUT2D eigenvalue weighted by Gasteiger charge is -2.02. The van der Waals surface area contributed by atoms with Crippen molar-refractivity contribution in [1.82, 2.24) is 0 Å². The zero-order valence-corrected chi connectivity index (χ0v) is 6.77. The third kappa shape index (κ3) is 7.92. The van der Waals surface area contributed by atoms with Crippen molar-refractivity contribution in [3.05, 3.63) is 0 Å². The zero-order valence-electron chi connectivity index (χ0n) is 7.77. The van der Waals surface area contributed by atoms with Crippen molar-refractivity contribution in [3.8, 4) is 0 Å². The fraction of sp³-hybridized carbons (Fsp3) is 1.00. The van der Waals surface area contributed by atoms with E-state index in [0.29, 0.717) is 26.7 Å². The van der Waals surface area contributed by atoms with Crippen LogP contribution in [0.1, 0.15) is 28.0 Å². The van der Waals surface area contributed by atoms with Crippen molar-refractivity contribution < 1.29 is 10.8 Å². The van der Waals surface area contributed by atoms with Crippen molar-refractivity contribution >= 4 is 0 Å². The van der Waals surface area contributed by atoms with Gasteiger partial charge in [-0.15, -0.1) is 0 Å². The molecule has 0 rings (SSSR count). The van der Waals surface area contributed by atoms with Gasteiger partial charge in [0.15, 0.2) is 0 Å². The molecule has 10 heavy (non-hydrogen) atoms. The summed E-state index contributed by atoms with van der Waals surface area (Å²) in [7, 11) is 0. The lowest BCUT2D eigenvalue weighted by molar-refractivity contribution is 0.0517. The van der Waals surface area contributed by atoms with Gasteiger partial charge in [-0.05, 0) is 13.3 Å². The van der Waals surface area contributed by atoms with Crippen molar-refractivity contribution in [2.75, 3.05) is 26.4 Å². The first-order valence-electron chi connectivity index (χ1n) is 4.57. The second-order valence-electron chi connectivity index (χ2n) is 2.08. The Morgan fingerprint density at radius 2 is 2.00 bits per heavy atom. The predicted octanol–water partition coefficient (Wildman–Crippen LogP) is 1.84. The molecule has 0 fully saturated rings. The van der Waals surface area contributed by atoms with E-state index in [2.05, 4.69) is 6.92 Å². The van der Waals surface area contributed by atoms with Crippen LogP contribution < -0.4 is 0 Å². The van der Waals surface area contributed by atoms with Crippen molar-refractivity contribution in [2.45, 2.75) is 26.7 Å². The average molecular weight is 148 g/mol. The molecule has 2 nitrogen and oxygen atoms in total. The molecule has 0 aliphatic heterocycles. The Morgan fingerprint density at radius 1 is 1.20 bits per heavy atom. The third-order valence-corrected chi connectivity index (χ3v) is 1.16. The smallest absolute Gasteiger partial charge is 0.0700 e. The summed E-state index contributed by atoms with van der Waals surface area (Å²) in [5, 5.41) is 0. The maximum atomic E-state index is 6.78. The van der Waals surface area contributed by atoms with E-state index in [4.69, 9.17) is 10.8 Å². The van der Waals surface area contributed by atoms with Crippen LogP contribution in [0.5, 0.6) is 0 Å². The summed E-state index contributed by atoms with van der Waals surface area (Å²) >= 11 is 0. The molecular formula is C8H18O2. The standard InChI is InChI=1S/C8H18O2/c1-3-5-6-10-8-7-9-4-2/h3-8H2,1-2H3/i2T. The molecule has 0 unspecified atom stereocenters. The number of rotatable bonds is 7. The molecule has 62 valence electrons. The summed E-state index contributed by atoms with van der Waals surface area (Å²) in [6, 6.07) is 0. The highest BCUT2D eigenvalue weighted by atomic mass is 16.5. The summed E-state index contributed by atoms with van der Waals surface area (Å²) < 4.78 is 17.1. The van der Waals surface area contributed by atoms with Crippen molar-refractivity contribution in [2.24, 2.45) is 0 Å². The molecule has 0 aliphatic rings. The van der Waals surface area contributed by atoms with Gasteiger partial charge >= 0.3 is 0 Å². The Hall–Kier alpha value is -0.0800. The SMILES string of the molecule is [3H]CCOCCOCCCC. The Kier molecular flexibility index (Phi) is 7.15. The van der Waals surface area contributed by atoms with Gasteiger partial charge in [-0.1, -0.05) is 13.3 Å². The molecule has 0 atom stereocenters. The Labute approximate surface area is 64.9 Å². The molecule has 0 aliphatic carbocycles. The van der Waals surface area contributed by atoms with Crippen LogP contribution in [-0.4, -0.2) is 26.4 Å². The summed E-state index contributed by atoms with van der Waals surface area (Å²) in [4.78, 5) is 0. The molecule has 0 bridgehead atoms. The Morgan fingerprint density at radius 3 is 2.70 bits per heavy atom. The van der Waals surface area contributed by atoms with Crippen molar-refractivity contribution in [3.63, 3.8) is 0 Å². The molecule has 2 heteroatoms. The van der Waals surface area contributed by atoms with Crippen LogP contribution in [0.2, 0.25) is 0 Å². The Balaban J connectivity index is 2.69. The second-order valence-corrected chi connectivity index (χ2v) is 2.08. The van der Waals surface area contributed by atoms with Gasteiger partial charge < -0.3 is 9.47 Å². The fourth-order valence-electron chi connectivity index (χ4n) is 0.568. The highest BCUT2D eigenvalue weighted by Crippen LogP contribution is 1.87. The van der Waals surface area contributed by atoms with Gasteiger partial charge in [0.2, 0.25) is 0 Å². The van der Waals surface area contributed by atoms with E-state index in [1.54, 1.807) is 0 Å². The minimum Gasteiger partial charge on any atom is -0.379 e. The maximum absolute atomic E-state index is 6.78. The van der Waals surface area contributed by atoms with Crippen LogP contribution in [0.3, 0.4) is 0 Å². The average Bonchev–Trinajstić information content (AvgIpc) is 2.03. The van der Waals surface area contributed by atoms with Gasteiger partial charge in [-0.3, -0.25) is 0 Å². The quantitative estimate of drug-likeness (QED) is 0.513. The van der Waals surface area contributed by atoms with Crippen molar-refractivity contribution in [1.29, 1.82) is 0 Å². The van der Waals surface area contributed by atoms with Gasteiger partial charge in [0.1, 0.15) is 0 Å². The zero-order chi connectivity index (χ0) is 8.36. The van der Waals surface area contributed by atoms with Crippen LogP contribution in [0.15, 0.2) is 0 Å². The second kappa shape index (κ2) is 8.92. The van der Waals surface area contributed by atoms with Gasteiger partial charge in [0, 0.05) is 14.6 Å². The van der Waals surface area contributed by atoms with Crippen LogP contribution in [-0.2, 0) is 9.47 Å². The summed E-state index contributed by atoms with van der Waals surface area (Å²) in [5.74, 6) is 0. The molecule has 0 aromatic rings. The molecular weight excluding hydrogens is 128 g/mol. The van der Waals surface area contributed by atoms with E-state index in [-0.39, 0.29) is 0 Å². The first kappa shape index (κ1) is 8.02. The topological polar surface area (TPSA) is 18.5 Å². The summed E-state index contributed by atoms with van der Waals surface area (Å²) in [5.41, 5.74) is 0. The van der Waals surface area contributed by atoms with Gasteiger partial charge in [-0.2, -0.15) is 0 Å². The third-order valence-electron chi connectivity index (χ3n) is 1.16. The number of hydrogen-bond acceptors (Lipinski definition) is 2. The van der Waals surface area contributed by atoms with E-state index >= 15 is 0 Å². The molecule has 0 saturated carbocycles. The number of hydrogen-bond donors (Lipinski definition) is 0. The molecule has 0 radical (unpaired) electrons. The summed E-state index contributed by atoms with van der Waals surface area (Å²) in [6.45, 7) is 5.13. The van der Waals surface area contributed by atoms with E-state index in [0.717, 1.165) is 13.0 Å². The van der Waals surface area contributed by atoms with Crippen LogP contribution >= 0.6 is 0 Å². The first-order chi connectivity index (χ1) is 5.41. The van der Waals surface area contributed by atoms with Gasteiger partial charge in [0.05, 0.1) is 13.2 Å². The normalized spacial score (nSPS) is 11.5. The lowest BCUT2D eigenvalue weighted by Crippen LogP contribution is -2.04. The maximum Gasteiger partial charge on any atom is 0.0700 e. The first-order valence-corrected chi connectivity index (χ1v) is 3.86. The Bertz CT molecular complexity index is 61.1. The van der Waals surface area contributed by atoms with E-state index in [1.807, 2.05) is 0 Å². The molecule has 0 amide bonds. The number of ether oxygens (including phenoxy) is 2. The predicted molar refractivity (Wildman–Crippen MR) is 42.2 cm³/mol. The van der Waals surface area contributed by atoms with Gasteiger partial charge in [-0.25, -0.2) is 0 Å². The van der Waals surface area contributed by atoms with E-state index in [1.165, 1.54) is 6.42 Å². The van der Waals surface area contributed by atoms with Gasteiger partial charge in [0.25, 0.3) is 0 Å². The summed E-state index contributed by atoms with van der Waals surface area (Å²) in [6.07, 6.45) is 2.30. The lowest BCUT2D eigenvalue weighted by atomic mass is 10.4. The largest absolute Gasteiger partial charge is 0.379 e. The minimum absolute atomic E-state index is 0.342. The fourth-order valence-corrected chi connectivity index (χ4v) is 0.568. The molecule has 0 aromatic heterocycles. The molecule has 0 N–H and O–H groups in total. The van der Waals surface area contributed by atoms with Crippen LogP contribution in [0, 0.1) is 0 Å². The molecule has 0 heterocycles. The van der Waals surface area contributed by atoms with E-state index in [9.17, 15) is 0 Å². The number of unbranched alkanes of at least 4 members (excludes halogenated alkanes) is 1. The molecule has 0 spiro atoms. The minimum atomic E-state index is 0.342. The highest BCUT2D eigenvalue weighted by Gasteiger charge is 1.86. The van der Waals surface area contributed by atoms with Crippen LogP contribution in [0.25, 0.3) is 0 Å². The highest BCUT2D eigenvalue weighted by molar-refractivity contribution is 4.32. The molecule has 0 aromatic carbocycles.